The largest absolute Gasteiger partial charge is 0.382 e. The van der Waals surface area contributed by atoms with E-state index in [1.165, 1.54) is 0 Å². The number of nitrogen functional groups attached to an aromatic ring is 1. The lowest BCUT2D eigenvalue weighted by Gasteiger charge is -2.02. The molecule has 1 heterocycles. The standard InChI is InChI=1S/C10H8ClN3/c11-8-3-1-7(2-4-8)9-10(12)14-6-5-13-9/h1-6H,(H2,12,14). The molecule has 0 radical (unpaired) electrons. The van der Waals surface area contributed by atoms with Gasteiger partial charge in [0.05, 0.1) is 0 Å². The molecule has 0 spiro atoms. The van der Waals surface area contributed by atoms with Gasteiger partial charge >= 0.3 is 0 Å². The van der Waals surface area contributed by atoms with E-state index in [9.17, 15) is 0 Å². The molecule has 14 heavy (non-hydrogen) atoms. The number of rotatable bonds is 1. The van der Waals surface area contributed by atoms with Crippen LogP contribution in [0.5, 0.6) is 0 Å². The average molecular weight is 206 g/mol. The zero-order chi connectivity index (χ0) is 9.97. The van der Waals surface area contributed by atoms with E-state index in [2.05, 4.69) is 9.97 Å². The summed E-state index contributed by atoms with van der Waals surface area (Å²) in [7, 11) is 0. The van der Waals surface area contributed by atoms with Crippen molar-refractivity contribution in [2.45, 2.75) is 0 Å². The summed E-state index contributed by atoms with van der Waals surface area (Å²) in [5, 5.41) is 0.691. The van der Waals surface area contributed by atoms with E-state index >= 15 is 0 Å². The van der Waals surface area contributed by atoms with E-state index in [1.807, 2.05) is 12.1 Å². The summed E-state index contributed by atoms with van der Waals surface area (Å²) in [5.74, 6) is 0.426. The second-order valence-corrected chi connectivity index (χ2v) is 3.23. The number of nitrogens with two attached hydrogens (primary N) is 1. The second kappa shape index (κ2) is 3.64. The molecule has 3 nitrogen and oxygen atoms in total. The summed E-state index contributed by atoms with van der Waals surface area (Å²) < 4.78 is 0. The first kappa shape index (κ1) is 8.97. The van der Waals surface area contributed by atoms with Crippen LogP contribution in [0.2, 0.25) is 5.02 Å². The monoisotopic (exact) mass is 205 g/mol. The summed E-state index contributed by atoms with van der Waals surface area (Å²) in [6.45, 7) is 0. The zero-order valence-corrected chi connectivity index (χ0v) is 8.07. The molecule has 2 rings (SSSR count). The minimum absolute atomic E-state index is 0.426. The minimum Gasteiger partial charge on any atom is -0.382 e. The Morgan fingerprint density at radius 2 is 1.64 bits per heavy atom. The number of halogens is 1. The summed E-state index contributed by atoms with van der Waals surface area (Å²) in [5.41, 5.74) is 7.29. The highest BCUT2D eigenvalue weighted by molar-refractivity contribution is 6.30. The highest BCUT2D eigenvalue weighted by Gasteiger charge is 2.03. The van der Waals surface area contributed by atoms with Crippen LogP contribution in [0.1, 0.15) is 0 Å². The number of hydrogen-bond acceptors (Lipinski definition) is 3. The maximum Gasteiger partial charge on any atom is 0.149 e. The van der Waals surface area contributed by atoms with Gasteiger partial charge in [-0.05, 0) is 12.1 Å². The Labute approximate surface area is 86.6 Å². The van der Waals surface area contributed by atoms with Crippen LogP contribution in [0.15, 0.2) is 36.7 Å². The lowest BCUT2D eigenvalue weighted by Crippen LogP contribution is -1.95. The number of nitrogens with zero attached hydrogens (tertiary/aromatic N) is 2. The summed E-state index contributed by atoms with van der Waals surface area (Å²) in [4.78, 5) is 8.11. The SMILES string of the molecule is Nc1nccnc1-c1ccc(Cl)cc1. The van der Waals surface area contributed by atoms with Gasteiger partial charge in [0.2, 0.25) is 0 Å². The van der Waals surface area contributed by atoms with Gasteiger partial charge in [-0.15, -0.1) is 0 Å². The molecule has 0 aliphatic carbocycles. The summed E-state index contributed by atoms with van der Waals surface area (Å²) in [6.07, 6.45) is 3.18. The van der Waals surface area contributed by atoms with Crippen LogP contribution in [0.3, 0.4) is 0 Å². The first-order valence-electron chi connectivity index (χ1n) is 4.10. The molecule has 0 saturated heterocycles. The fourth-order valence-corrected chi connectivity index (χ4v) is 1.30. The van der Waals surface area contributed by atoms with Crippen LogP contribution in [0.4, 0.5) is 5.82 Å². The van der Waals surface area contributed by atoms with E-state index in [-0.39, 0.29) is 0 Å². The number of aromatic nitrogens is 2. The Balaban J connectivity index is 2.50. The van der Waals surface area contributed by atoms with E-state index in [0.717, 1.165) is 5.56 Å². The molecule has 70 valence electrons. The first-order chi connectivity index (χ1) is 6.77. The summed E-state index contributed by atoms with van der Waals surface area (Å²) >= 11 is 5.77. The Morgan fingerprint density at radius 3 is 2.29 bits per heavy atom. The van der Waals surface area contributed by atoms with Gasteiger partial charge in [-0.2, -0.15) is 0 Å². The van der Waals surface area contributed by atoms with Crippen LogP contribution in [0.25, 0.3) is 11.3 Å². The van der Waals surface area contributed by atoms with Crippen molar-refractivity contribution >= 4 is 17.4 Å². The van der Waals surface area contributed by atoms with E-state index in [4.69, 9.17) is 17.3 Å². The van der Waals surface area contributed by atoms with E-state index in [0.29, 0.717) is 16.5 Å². The molecule has 0 aliphatic rings. The molecule has 0 amide bonds. The van der Waals surface area contributed by atoms with Gasteiger partial charge < -0.3 is 5.73 Å². The number of anilines is 1. The van der Waals surface area contributed by atoms with Gasteiger partial charge in [-0.3, -0.25) is 4.98 Å². The smallest absolute Gasteiger partial charge is 0.149 e. The zero-order valence-electron chi connectivity index (χ0n) is 7.31. The lowest BCUT2D eigenvalue weighted by atomic mass is 10.1. The normalized spacial score (nSPS) is 10.1. The third-order valence-corrected chi connectivity index (χ3v) is 2.10. The topological polar surface area (TPSA) is 51.8 Å². The predicted octanol–water partition coefficient (Wildman–Crippen LogP) is 2.38. The van der Waals surface area contributed by atoms with Crippen molar-refractivity contribution in [2.75, 3.05) is 5.73 Å². The van der Waals surface area contributed by atoms with Crippen molar-refractivity contribution < 1.29 is 0 Å². The van der Waals surface area contributed by atoms with Crippen molar-refractivity contribution in [3.8, 4) is 11.3 Å². The highest BCUT2D eigenvalue weighted by Crippen LogP contribution is 2.22. The van der Waals surface area contributed by atoms with Crippen molar-refractivity contribution in [3.05, 3.63) is 41.7 Å². The number of benzene rings is 1. The highest BCUT2D eigenvalue weighted by atomic mass is 35.5. The number of hydrogen-bond donors (Lipinski definition) is 1. The molecule has 0 fully saturated rings. The Morgan fingerprint density at radius 1 is 1.00 bits per heavy atom. The Bertz CT molecular complexity index is 439. The van der Waals surface area contributed by atoms with E-state index < -0.39 is 0 Å². The van der Waals surface area contributed by atoms with Gasteiger partial charge in [0.15, 0.2) is 0 Å². The van der Waals surface area contributed by atoms with Gasteiger partial charge in [-0.25, -0.2) is 4.98 Å². The fraction of sp³-hybridized carbons (Fsp3) is 0. The molecule has 0 bridgehead atoms. The van der Waals surface area contributed by atoms with Gasteiger partial charge in [0.1, 0.15) is 11.5 Å². The van der Waals surface area contributed by atoms with Crippen LogP contribution in [-0.4, -0.2) is 9.97 Å². The van der Waals surface area contributed by atoms with Crippen molar-refractivity contribution in [1.82, 2.24) is 9.97 Å². The van der Waals surface area contributed by atoms with Crippen LogP contribution in [-0.2, 0) is 0 Å². The fourth-order valence-electron chi connectivity index (χ4n) is 1.18. The van der Waals surface area contributed by atoms with E-state index in [1.54, 1.807) is 24.5 Å². The third kappa shape index (κ3) is 1.67. The molecule has 1 aromatic carbocycles. The van der Waals surface area contributed by atoms with Gasteiger partial charge in [0, 0.05) is 23.0 Å². The lowest BCUT2D eigenvalue weighted by molar-refractivity contribution is 1.22. The molecule has 0 atom stereocenters. The van der Waals surface area contributed by atoms with Gasteiger partial charge in [-0.1, -0.05) is 23.7 Å². The molecule has 0 aliphatic heterocycles. The molecular formula is C10H8ClN3. The molecule has 0 saturated carbocycles. The molecule has 1 aromatic heterocycles. The third-order valence-electron chi connectivity index (χ3n) is 1.84. The molecule has 4 heteroatoms. The minimum atomic E-state index is 0.426. The van der Waals surface area contributed by atoms with Crippen LogP contribution >= 0.6 is 11.6 Å². The first-order valence-corrected chi connectivity index (χ1v) is 4.47. The van der Waals surface area contributed by atoms with Gasteiger partial charge in [0.25, 0.3) is 0 Å². The quantitative estimate of drug-likeness (QED) is 0.778. The maximum atomic E-state index is 5.77. The second-order valence-electron chi connectivity index (χ2n) is 2.80. The average Bonchev–Trinajstić information content (AvgIpc) is 2.20. The van der Waals surface area contributed by atoms with Crippen molar-refractivity contribution in [3.63, 3.8) is 0 Å². The Kier molecular flexibility index (Phi) is 2.33. The molecule has 0 unspecified atom stereocenters. The predicted molar refractivity (Wildman–Crippen MR) is 56.9 cm³/mol. The van der Waals surface area contributed by atoms with Crippen molar-refractivity contribution in [1.29, 1.82) is 0 Å². The van der Waals surface area contributed by atoms with Crippen LogP contribution < -0.4 is 5.73 Å². The van der Waals surface area contributed by atoms with Crippen LogP contribution in [0, 0.1) is 0 Å². The molecular weight excluding hydrogens is 198 g/mol. The maximum absolute atomic E-state index is 5.77. The Hall–Kier alpha value is -1.61. The molecule has 2 N–H and O–H groups in total. The summed E-state index contributed by atoms with van der Waals surface area (Å²) in [6, 6.07) is 7.32. The molecule has 2 aromatic rings. The van der Waals surface area contributed by atoms with Crippen molar-refractivity contribution in [2.24, 2.45) is 0 Å².